The van der Waals surface area contributed by atoms with Gasteiger partial charge in [-0.15, -0.1) is 0 Å². The topological polar surface area (TPSA) is 24.1 Å². The Kier molecular flexibility index (Phi) is 5.20. The molecular formula is C23H24N2. The maximum atomic E-state index is 3.18. The van der Waals surface area contributed by atoms with Crippen LogP contribution in [-0.2, 0) is 0 Å². The van der Waals surface area contributed by atoms with Crippen LogP contribution in [0.3, 0.4) is 0 Å². The van der Waals surface area contributed by atoms with Gasteiger partial charge in [-0.1, -0.05) is 54.6 Å². The largest absolute Gasteiger partial charge is 0.388 e. The number of hydrogen-bond acceptors (Lipinski definition) is 2. The van der Waals surface area contributed by atoms with Crippen molar-refractivity contribution in [2.24, 2.45) is 0 Å². The fourth-order valence-corrected chi connectivity index (χ4v) is 3.04. The van der Waals surface area contributed by atoms with Gasteiger partial charge >= 0.3 is 0 Å². The predicted molar refractivity (Wildman–Crippen MR) is 110 cm³/mol. The number of allylic oxidation sites excluding steroid dienone is 1. The van der Waals surface area contributed by atoms with Gasteiger partial charge in [0, 0.05) is 25.5 Å². The van der Waals surface area contributed by atoms with E-state index in [-0.39, 0.29) is 0 Å². The standard InChI is InChI=1S/C23H24N2/c1-17(18-7-5-4-6-8-18)23(19-9-13-21(24-2)14-10-19)20-11-15-22(25-3)16-12-20/h4-16,24-25H,1-3H3. The van der Waals surface area contributed by atoms with Crippen molar-refractivity contribution in [1.82, 2.24) is 0 Å². The van der Waals surface area contributed by atoms with Crippen molar-refractivity contribution in [2.45, 2.75) is 6.92 Å². The maximum Gasteiger partial charge on any atom is 0.0337 e. The van der Waals surface area contributed by atoms with E-state index in [9.17, 15) is 0 Å². The second kappa shape index (κ2) is 7.71. The smallest absolute Gasteiger partial charge is 0.0337 e. The SMILES string of the molecule is CNc1ccc(C(=C(C)c2ccccc2)c2ccc(NC)cc2)cc1. The monoisotopic (exact) mass is 328 g/mol. The van der Waals surface area contributed by atoms with Crippen LogP contribution >= 0.6 is 0 Å². The number of nitrogens with one attached hydrogen (secondary N) is 2. The molecule has 0 aromatic heterocycles. The van der Waals surface area contributed by atoms with E-state index in [0.29, 0.717) is 0 Å². The average molecular weight is 328 g/mol. The average Bonchev–Trinajstić information content (AvgIpc) is 2.70. The Morgan fingerprint density at radius 3 is 1.40 bits per heavy atom. The summed E-state index contributed by atoms with van der Waals surface area (Å²) in [5.41, 5.74) is 8.45. The zero-order valence-corrected chi connectivity index (χ0v) is 15.0. The Morgan fingerprint density at radius 2 is 1.00 bits per heavy atom. The molecule has 0 fully saturated rings. The summed E-state index contributed by atoms with van der Waals surface area (Å²) in [6.07, 6.45) is 0. The van der Waals surface area contributed by atoms with Gasteiger partial charge in [0.1, 0.15) is 0 Å². The molecule has 126 valence electrons. The lowest BCUT2D eigenvalue weighted by Gasteiger charge is -2.15. The summed E-state index contributed by atoms with van der Waals surface area (Å²) in [7, 11) is 3.88. The normalized spacial score (nSPS) is 10.2. The fraction of sp³-hybridized carbons (Fsp3) is 0.130. The molecule has 0 heterocycles. The van der Waals surface area contributed by atoms with Crippen LogP contribution in [-0.4, -0.2) is 14.1 Å². The van der Waals surface area contributed by atoms with Crippen LogP contribution in [0.25, 0.3) is 11.1 Å². The molecule has 0 spiro atoms. The van der Waals surface area contributed by atoms with Gasteiger partial charge in [-0.2, -0.15) is 0 Å². The molecular weight excluding hydrogens is 304 g/mol. The minimum atomic E-state index is 1.12. The predicted octanol–water partition coefficient (Wildman–Crippen LogP) is 5.75. The van der Waals surface area contributed by atoms with Crippen LogP contribution in [0, 0.1) is 0 Å². The minimum absolute atomic E-state index is 1.12. The van der Waals surface area contributed by atoms with Crippen LogP contribution in [0.15, 0.2) is 78.9 Å². The van der Waals surface area contributed by atoms with E-state index in [0.717, 1.165) is 11.4 Å². The van der Waals surface area contributed by atoms with Crippen molar-refractivity contribution in [1.29, 1.82) is 0 Å². The first-order chi connectivity index (χ1) is 12.2. The van der Waals surface area contributed by atoms with Crippen molar-refractivity contribution < 1.29 is 0 Å². The van der Waals surface area contributed by atoms with Crippen molar-refractivity contribution >= 4 is 22.5 Å². The van der Waals surface area contributed by atoms with E-state index >= 15 is 0 Å². The summed E-state index contributed by atoms with van der Waals surface area (Å²) >= 11 is 0. The lowest BCUT2D eigenvalue weighted by molar-refractivity contribution is 1.46. The van der Waals surface area contributed by atoms with Crippen molar-refractivity contribution in [3.8, 4) is 0 Å². The zero-order chi connectivity index (χ0) is 17.6. The molecule has 0 unspecified atom stereocenters. The van der Waals surface area contributed by atoms with Gasteiger partial charge in [0.05, 0.1) is 0 Å². The third-order valence-corrected chi connectivity index (χ3v) is 4.51. The highest BCUT2D eigenvalue weighted by molar-refractivity contribution is 5.98. The Bertz CT molecular complexity index is 795. The van der Waals surface area contributed by atoms with Gasteiger partial charge in [0.2, 0.25) is 0 Å². The highest BCUT2D eigenvalue weighted by Crippen LogP contribution is 2.33. The third-order valence-electron chi connectivity index (χ3n) is 4.51. The zero-order valence-electron chi connectivity index (χ0n) is 15.0. The Balaban J connectivity index is 2.16. The van der Waals surface area contributed by atoms with Crippen molar-refractivity contribution in [3.05, 3.63) is 95.6 Å². The molecule has 3 aromatic carbocycles. The van der Waals surface area contributed by atoms with Gasteiger partial charge in [0.15, 0.2) is 0 Å². The summed E-state index contributed by atoms with van der Waals surface area (Å²) in [6, 6.07) is 27.8. The van der Waals surface area contributed by atoms with Gasteiger partial charge in [-0.05, 0) is 59.0 Å². The lowest BCUT2D eigenvalue weighted by Crippen LogP contribution is -1.95. The lowest BCUT2D eigenvalue weighted by atomic mass is 9.90. The van der Waals surface area contributed by atoms with Gasteiger partial charge < -0.3 is 10.6 Å². The van der Waals surface area contributed by atoms with Crippen LogP contribution in [0.5, 0.6) is 0 Å². The first-order valence-corrected chi connectivity index (χ1v) is 8.55. The third kappa shape index (κ3) is 3.74. The number of hydrogen-bond donors (Lipinski definition) is 2. The number of anilines is 2. The van der Waals surface area contributed by atoms with E-state index in [1.807, 2.05) is 14.1 Å². The molecule has 0 atom stereocenters. The van der Waals surface area contributed by atoms with E-state index in [1.165, 1.54) is 27.8 Å². The highest BCUT2D eigenvalue weighted by Gasteiger charge is 2.11. The molecule has 2 nitrogen and oxygen atoms in total. The highest BCUT2D eigenvalue weighted by atomic mass is 14.8. The first kappa shape index (κ1) is 16.8. The van der Waals surface area contributed by atoms with Crippen molar-refractivity contribution in [2.75, 3.05) is 24.7 Å². The van der Waals surface area contributed by atoms with E-state index in [2.05, 4.69) is 96.4 Å². The fourth-order valence-electron chi connectivity index (χ4n) is 3.04. The van der Waals surface area contributed by atoms with Crippen molar-refractivity contribution in [3.63, 3.8) is 0 Å². The maximum absolute atomic E-state index is 3.18. The first-order valence-electron chi connectivity index (χ1n) is 8.55. The Morgan fingerprint density at radius 1 is 0.560 bits per heavy atom. The van der Waals surface area contributed by atoms with Crippen LogP contribution in [0.2, 0.25) is 0 Å². The molecule has 0 aliphatic heterocycles. The quantitative estimate of drug-likeness (QED) is 0.583. The molecule has 3 aromatic rings. The van der Waals surface area contributed by atoms with Crippen LogP contribution in [0.1, 0.15) is 23.6 Å². The van der Waals surface area contributed by atoms with Crippen LogP contribution < -0.4 is 10.6 Å². The summed E-state index contributed by atoms with van der Waals surface area (Å²) in [5.74, 6) is 0. The van der Waals surface area contributed by atoms with E-state index < -0.39 is 0 Å². The molecule has 0 amide bonds. The molecule has 2 N–H and O–H groups in total. The molecule has 25 heavy (non-hydrogen) atoms. The molecule has 0 aliphatic rings. The molecule has 0 aliphatic carbocycles. The molecule has 3 rings (SSSR count). The molecule has 2 heteroatoms. The summed E-state index contributed by atoms with van der Waals surface area (Å²) < 4.78 is 0. The number of rotatable bonds is 5. The molecule has 0 radical (unpaired) electrons. The van der Waals surface area contributed by atoms with Gasteiger partial charge in [-0.25, -0.2) is 0 Å². The second-order valence-electron chi connectivity index (χ2n) is 6.02. The van der Waals surface area contributed by atoms with E-state index in [1.54, 1.807) is 0 Å². The van der Waals surface area contributed by atoms with Gasteiger partial charge in [0.25, 0.3) is 0 Å². The Labute approximate surface area is 150 Å². The number of benzene rings is 3. The molecule has 0 bridgehead atoms. The summed E-state index contributed by atoms with van der Waals surface area (Å²) in [5, 5.41) is 6.37. The van der Waals surface area contributed by atoms with Gasteiger partial charge in [-0.3, -0.25) is 0 Å². The molecule has 0 saturated heterocycles. The summed E-state index contributed by atoms with van der Waals surface area (Å²) in [4.78, 5) is 0. The summed E-state index contributed by atoms with van der Waals surface area (Å²) in [6.45, 7) is 2.20. The minimum Gasteiger partial charge on any atom is -0.388 e. The Hall–Kier alpha value is -3.00. The van der Waals surface area contributed by atoms with Crippen LogP contribution in [0.4, 0.5) is 11.4 Å². The van der Waals surface area contributed by atoms with E-state index in [4.69, 9.17) is 0 Å². The second-order valence-corrected chi connectivity index (χ2v) is 6.02. The molecule has 0 saturated carbocycles.